The summed E-state index contributed by atoms with van der Waals surface area (Å²) in [6.07, 6.45) is 3.34. The van der Waals surface area contributed by atoms with Gasteiger partial charge in [-0.25, -0.2) is 4.79 Å². The third-order valence-corrected chi connectivity index (χ3v) is 6.76. The fourth-order valence-electron chi connectivity index (χ4n) is 5.02. The molecule has 0 bridgehead atoms. The van der Waals surface area contributed by atoms with E-state index in [0.29, 0.717) is 42.4 Å². The van der Waals surface area contributed by atoms with Gasteiger partial charge in [-0.3, -0.25) is 0 Å². The number of rotatable bonds is 9. The van der Waals surface area contributed by atoms with Gasteiger partial charge in [0, 0.05) is 29.4 Å². The molecule has 38 heavy (non-hydrogen) atoms. The summed E-state index contributed by atoms with van der Waals surface area (Å²) in [5.74, 6) is 2.57. The fourth-order valence-corrected chi connectivity index (χ4v) is 5.02. The summed E-state index contributed by atoms with van der Waals surface area (Å²) in [7, 11) is 6.44. The van der Waals surface area contributed by atoms with E-state index in [1.165, 1.54) is 0 Å². The Labute approximate surface area is 220 Å². The van der Waals surface area contributed by atoms with Gasteiger partial charge >= 0.3 is 5.97 Å². The predicted octanol–water partition coefficient (Wildman–Crippen LogP) is 5.17. The Morgan fingerprint density at radius 1 is 0.947 bits per heavy atom. The van der Waals surface area contributed by atoms with Crippen molar-refractivity contribution in [2.75, 3.05) is 35.0 Å². The van der Waals surface area contributed by atoms with Crippen LogP contribution in [-0.4, -0.2) is 50.7 Å². The molecule has 5 rings (SSSR count). The van der Waals surface area contributed by atoms with Crippen molar-refractivity contribution in [3.05, 3.63) is 65.0 Å². The minimum atomic E-state index is -0.469. The van der Waals surface area contributed by atoms with Crippen LogP contribution < -0.4 is 18.9 Å². The number of hydrogen-bond acceptors (Lipinski definition) is 8. The molecular formula is C29H30N2O7. The lowest BCUT2D eigenvalue weighted by Crippen LogP contribution is -2.10. The van der Waals surface area contributed by atoms with E-state index >= 15 is 0 Å². The first-order valence-corrected chi connectivity index (χ1v) is 12.3. The molecule has 2 aromatic heterocycles. The van der Waals surface area contributed by atoms with E-state index < -0.39 is 5.97 Å². The number of carbonyl (C=O) groups excluding carboxylic acids is 1. The quantitative estimate of drug-likeness (QED) is 0.280. The standard InChI is InChI=1S/C29H30N2O7/c1-6-37-29(32)25-21-12-11-20-22(27(21)38-30-25)16-31(15-17-7-9-19(33-2)10-8-17)26(20)18-13-23(34-3)28(36-5)24(14-18)35-4/h7-10,13-14,16H,6,11-12,15H2,1-5H3. The molecule has 0 spiro atoms. The SMILES string of the molecule is CCOC(=O)c1noc2c1CCc1c-2cn(Cc2ccc(OC)cc2)c1-c1cc(OC)c(OC)c(OC)c1. The van der Waals surface area contributed by atoms with E-state index in [4.69, 9.17) is 28.2 Å². The summed E-state index contributed by atoms with van der Waals surface area (Å²) in [5, 5.41) is 4.08. The number of nitrogens with zero attached hydrogens (tertiary/aromatic N) is 2. The molecule has 0 aliphatic heterocycles. The van der Waals surface area contributed by atoms with Gasteiger partial charge in [0.2, 0.25) is 5.75 Å². The summed E-state index contributed by atoms with van der Waals surface area (Å²) >= 11 is 0. The molecule has 0 saturated carbocycles. The van der Waals surface area contributed by atoms with E-state index in [9.17, 15) is 4.79 Å². The molecule has 0 fully saturated rings. The van der Waals surface area contributed by atoms with Crippen LogP contribution in [0.3, 0.4) is 0 Å². The maximum Gasteiger partial charge on any atom is 0.360 e. The number of esters is 1. The second kappa shape index (κ2) is 10.5. The normalized spacial score (nSPS) is 11.9. The van der Waals surface area contributed by atoms with Crippen molar-refractivity contribution < 1.29 is 33.0 Å². The summed E-state index contributed by atoms with van der Waals surface area (Å²) in [4.78, 5) is 12.5. The molecule has 9 heteroatoms. The number of benzene rings is 2. The van der Waals surface area contributed by atoms with Crippen LogP contribution in [0, 0.1) is 0 Å². The van der Waals surface area contributed by atoms with Crippen molar-refractivity contribution in [1.82, 2.24) is 9.72 Å². The Bertz CT molecular complexity index is 1440. The Hall–Kier alpha value is -4.40. The van der Waals surface area contributed by atoms with Crippen molar-refractivity contribution >= 4 is 5.97 Å². The van der Waals surface area contributed by atoms with Crippen LogP contribution in [0.4, 0.5) is 0 Å². The largest absolute Gasteiger partial charge is 0.497 e. The van der Waals surface area contributed by atoms with Crippen LogP contribution in [-0.2, 0) is 24.1 Å². The molecule has 198 valence electrons. The Morgan fingerprint density at radius 3 is 2.24 bits per heavy atom. The lowest BCUT2D eigenvalue weighted by Gasteiger charge is -2.18. The topological polar surface area (TPSA) is 94.2 Å². The zero-order valence-electron chi connectivity index (χ0n) is 22.1. The number of carbonyl (C=O) groups is 1. The molecule has 9 nitrogen and oxygen atoms in total. The van der Waals surface area contributed by atoms with Crippen molar-refractivity contribution in [3.63, 3.8) is 0 Å². The molecule has 2 aromatic carbocycles. The summed E-state index contributed by atoms with van der Waals surface area (Å²) in [6.45, 7) is 2.64. The van der Waals surface area contributed by atoms with Crippen LogP contribution in [0.2, 0.25) is 0 Å². The van der Waals surface area contributed by atoms with Crippen LogP contribution >= 0.6 is 0 Å². The maximum atomic E-state index is 12.5. The highest BCUT2D eigenvalue weighted by Crippen LogP contribution is 2.46. The van der Waals surface area contributed by atoms with Gasteiger partial charge in [0.25, 0.3) is 0 Å². The monoisotopic (exact) mass is 518 g/mol. The van der Waals surface area contributed by atoms with Gasteiger partial charge in [0.1, 0.15) is 5.75 Å². The van der Waals surface area contributed by atoms with Crippen LogP contribution in [0.15, 0.2) is 47.1 Å². The Kier molecular flexibility index (Phi) is 7.00. The number of aromatic nitrogens is 2. The molecular weight excluding hydrogens is 488 g/mol. The highest BCUT2D eigenvalue weighted by molar-refractivity contribution is 5.92. The number of fused-ring (bicyclic) bond motifs is 3. The van der Waals surface area contributed by atoms with Crippen molar-refractivity contribution in [2.24, 2.45) is 0 Å². The highest BCUT2D eigenvalue weighted by atomic mass is 16.5. The molecule has 0 saturated heterocycles. The lowest BCUT2D eigenvalue weighted by atomic mass is 9.89. The van der Waals surface area contributed by atoms with Gasteiger partial charge in [0.15, 0.2) is 23.0 Å². The van der Waals surface area contributed by atoms with Crippen molar-refractivity contribution in [1.29, 1.82) is 0 Å². The van der Waals surface area contributed by atoms with Crippen LogP contribution in [0.25, 0.3) is 22.6 Å². The number of hydrogen-bond donors (Lipinski definition) is 0. The van der Waals surface area contributed by atoms with Crippen molar-refractivity contribution in [2.45, 2.75) is 26.3 Å². The van der Waals surface area contributed by atoms with Gasteiger partial charge < -0.3 is 32.8 Å². The van der Waals surface area contributed by atoms with Gasteiger partial charge in [0.05, 0.1) is 40.7 Å². The number of methoxy groups -OCH3 is 4. The summed E-state index contributed by atoms with van der Waals surface area (Å²) in [6, 6.07) is 11.9. The van der Waals surface area contributed by atoms with E-state index in [1.807, 2.05) is 36.4 Å². The van der Waals surface area contributed by atoms with Crippen LogP contribution in [0.5, 0.6) is 23.0 Å². The molecule has 0 atom stereocenters. The zero-order chi connectivity index (χ0) is 26.8. The predicted molar refractivity (Wildman–Crippen MR) is 140 cm³/mol. The average Bonchev–Trinajstić information content (AvgIpc) is 3.54. The Morgan fingerprint density at radius 2 is 1.63 bits per heavy atom. The maximum absolute atomic E-state index is 12.5. The molecule has 0 N–H and O–H groups in total. The second-order valence-electron chi connectivity index (χ2n) is 8.82. The average molecular weight is 519 g/mol. The molecule has 1 aliphatic rings. The minimum absolute atomic E-state index is 0.241. The smallest absolute Gasteiger partial charge is 0.360 e. The minimum Gasteiger partial charge on any atom is -0.497 e. The first kappa shape index (κ1) is 25.3. The first-order valence-electron chi connectivity index (χ1n) is 12.3. The Balaban J connectivity index is 1.68. The third-order valence-electron chi connectivity index (χ3n) is 6.76. The van der Waals surface area contributed by atoms with Gasteiger partial charge in [-0.05, 0) is 55.2 Å². The first-order chi connectivity index (χ1) is 18.5. The van der Waals surface area contributed by atoms with E-state index in [1.54, 1.807) is 35.4 Å². The molecule has 4 aromatic rings. The molecule has 2 heterocycles. The summed E-state index contributed by atoms with van der Waals surface area (Å²) < 4.78 is 35.3. The molecule has 0 radical (unpaired) electrons. The van der Waals surface area contributed by atoms with E-state index in [-0.39, 0.29) is 12.3 Å². The molecule has 0 amide bonds. The van der Waals surface area contributed by atoms with Gasteiger partial charge in [-0.1, -0.05) is 17.3 Å². The second-order valence-corrected chi connectivity index (χ2v) is 8.82. The van der Waals surface area contributed by atoms with Crippen LogP contribution in [0.1, 0.15) is 34.1 Å². The number of ether oxygens (including phenoxy) is 5. The third kappa shape index (κ3) is 4.34. The van der Waals surface area contributed by atoms with Gasteiger partial charge in [-0.15, -0.1) is 0 Å². The lowest BCUT2D eigenvalue weighted by molar-refractivity contribution is 0.0513. The van der Waals surface area contributed by atoms with E-state index in [0.717, 1.165) is 39.3 Å². The summed E-state index contributed by atoms with van der Waals surface area (Å²) in [5.41, 5.74) is 5.99. The fraction of sp³-hybridized carbons (Fsp3) is 0.310. The molecule has 1 aliphatic carbocycles. The highest BCUT2D eigenvalue weighted by Gasteiger charge is 2.32. The van der Waals surface area contributed by atoms with Crippen molar-refractivity contribution in [3.8, 4) is 45.6 Å². The molecule has 0 unspecified atom stereocenters. The van der Waals surface area contributed by atoms with Gasteiger partial charge in [-0.2, -0.15) is 0 Å². The van der Waals surface area contributed by atoms with E-state index in [2.05, 4.69) is 15.9 Å². The zero-order valence-corrected chi connectivity index (χ0v) is 22.1.